The van der Waals surface area contributed by atoms with Gasteiger partial charge in [-0.3, -0.25) is 0 Å². The maximum Gasteiger partial charge on any atom is 0.170 e. The third kappa shape index (κ3) is 3.51. The van der Waals surface area contributed by atoms with Gasteiger partial charge in [-0.2, -0.15) is 0 Å². The van der Waals surface area contributed by atoms with Gasteiger partial charge in [-0.15, -0.1) is 0 Å². The van der Waals surface area contributed by atoms with E-state index < -0.39 is 5.82 Å². The highest BCUT2D eigenvalue weighted by Gasteiger charge is 2.08. The SMILES string of the molecule is Cc1ccc(C)c(COc2ccc(/C(N)=N/O)cc2F)c1. The molecule has 0 spiro atoms. The number of oxime groups is 1. The van der Waals surface area contributed by atoms with Gasteiger partial charge in [-0.25, -0.2) is 4.39 Å². The molecular formula is C16H17FN2O2. The zero-order valence-electron chi connectivity index (χ0n) is 11.9. The predicted octanol–water partition coefficient (Wildman–Crippen LogP) is 3.12. The van der Waals surface area contributed by atoms with E-state index >= 15 is 0 Å². The second-order valence-corrected chi connectivity index (χ2v) is 4.85. The molecule has 0 aliphatic carbocycles. The summed E-state index contributed by atoms with van der Waals surface area (Å²) in [6, 6.07) is 10.2. The third-order valence-electron chi connectivity index (χ3n) is 3.22. The van der Waals surface area contributed by atoms with Crippen molar-refractivity contribution in [3.05, 3.63) is 64.5 Å². The summed E-state index contributed by atoms with van der Waals surface area (Å²) in [5, 5.41) is 11.4. The first-order valence-electron chi connectivity index (χ1n) is 6.47. The van der Waals surface area contributed by atoms with Crippen molar-refractivity contribution >= 4 is 5.84 Å². The number of nitrogens with zero attached hydrogens (tertiary/aromatic N) is 1. The average molecular weight is 288 g/mol. The Morgan fingerprint density at radius 1 is 1.24 bits per heavy atom. The molecular weight excluding hydrogens is 271 g/mol. The number of aryl methyl sites for hydroxylation is 2. The van der Waals surface area contributed by atoms with Gasteiger partial charge >= 0.3 is 0 Å². The first kappa shape index (κ1) is 14.8. The quantitative estimate of drug-likeness (QED) is 0.393. The fraction of sp³-hybridized carbons (Fsp3) is 0.188. The summed E-state index contributed by atoms with van der Waals surface area (Å²) in [6.45, 7) is 4.26. The van der Waals surface area contributed by atoms with E-state index in [-0.39, 0.29) is 18.2 Å². The normalized spacial score (nSPS) is 11.5. The molecule has 2 rings (SSSR count). The largest absolute Gasteiger partial charge is 0.486 e. The van der Waals surface area contributed by atoms with Crippen molar-refractivity contribution in [2.45, 2.75) is 20.5 Å². The summed E-state index contributed by atoms with van der Waals surface area (Å²) >= 11 is 0. The topological polar surface area (TPSA) is 67.8 Å². The molecule has 0 saturated heterocycles. The van der Waals surface area contributed by atoms with Crippen LogP contribution in [0.15, 0.2) is 41.6 Å². The van der Waals surface area contributed by atoms with Crippen molar-refractivity contribution < 1.29 is 14.3 Å². The third-order valence-corrected chi connectivity index (χ3v) is 3.22. The first-order valence-corrected chi connectivity index (χ1v) is 6.47. The minimum absolute atomic E-state index is 0.130. The van der Waals surface area contributed by atoms with Crippen LogP contribution < -0.4 is 10.5 Å². The summed E-state index contributed by atoms with van der Waals surface area (Å²) in [5.74, 6) is -0.565. The fourth-order valence-corrected chi connectivity index (χ4v) is 1.95. The summed E-state index contributed by atoms with van der Waals surface area (Å²) in [5.41, 5.74) is 8.94. The van der Waals surface area contributed by atoms with Crippen LogP contribution in [0.5, 0.6) is 5.75 Å². The van der Waals surface area contributed by atoms with Crippen LogP contribution in [-0.2, 0) is 6.61 Å². The minimum Gasteiger partial charge on any atom is -0.486 e. The minimum atomic E-state index is -0.551. The van der Waals surface area contributed by atoms with E-state index in [1.54, 1.807) is 0 Å². The van der Waals surface area contributed by atoms with Crippen molar-refractivity contribution in [2.75, 3.05) is 0 Å². The molecule has 0 fully saturated rings. The second kappa shape index (κ2) is 6.26. The molecule has 0 aliphatic rings. The molecule has 2 aromatic rings. The lowest BCUT2D eigenvalue weighted by molar-refractivity contribution is 0.289. The van der Waals surface area contributed by atoms with E-state index in [0.717, 1.165) is 16.7 Å². The highest BCUT2D eigenvalue weighted by Crippen LogP contribution is 2.21. The van der Waals surface area contributed by atoms with E-state index in [0.29, 0.717) is 5.56 Å². The van der Waals surface area contributed by atoms with E-state index in [1.165, 1.54) is 18.2 Å². The Morgan fingerprint density at radius 3 is 2.67 bits per heavy atom. The van der Waals surface area contributed by atoms with Crippen molar-refractivity contribution in [1.29, 1.82) is 0 Å². The maximum absolute atomic E-state index is 13.9. The van der Waals surface area contributed by atoms with Crippen LogP contribution in [0.4, 0.5) is 4.39 Å². The molecule has 5 heteroatoms. The van der Waals surface area contributed by atoms with Gasteiger partial charge in [0.05, 0.1) is 0 Å². The summed E-state index contributed by atoms with van der Waals surface area (Å²) in [7, 11) is 0. The Hall–Kier alpha value is -2.56. The molecule has 0 atom stereocenters. The lowest BCUT2D eigenvalue weighted by Gasteiger charge is -2.11. The Bertz CT molecular complexity index is 684. The zero-order valence-corrected chi connectivity index (χ0v) is 11.9. The number of nitrogens with two attached hydrogens (primary N) is 1. The summed E-state index contributed by atoms with van der Waals surface area (Å²) < 4.78 is 19.4. The molecule has 3 N–H and O–H groups in total. The van der Waals surface area contributed by atoms with E-state index in [4.69, 9.17) is 15.7 Å². The van der Waals surface area contributed by atoms with Crippen molar-refractivity contribution in [1.82, 2.24) is 0 Å². The van der Waals surface area contributed by atoms with E-state index in [9.17, 15) is 4.39 Å². The lowest BCUT2D eigenvalue weighted by Crippen LogP contribution is -2.13. The van der Waals surface area contributed by atoms with Gasteiger partial charge in [-0.1, -0.05) is 28.9 Å². The molecule has 0 saturated carbocycles. The molecule has 110 valence electrons. The molecule has 21 heavy (non-hydrogen) atoms. The van der Waals surface area contributed by atoms with Crippen LogP contribution in [0, 0.1) is 19.7 Å². The number of ether oxygens (including phenoxy) is 1. The summed E-state index contributed by atoms with van der Waals surface area (Å²) in [6.07, 6.45) is 0. The van der Waals surface area contributed by atoms with Gasteiger partial charge in [0.15, 0.2) is 17.4 Å². The smallest absolute Gasteiger partial charge is 0.170 e. The molecule has 0 amide bonds. The Morgan fingerprint density at radius 2 is 2.00 bits per heavy atom. The van der Waals surface area contributed by atoms with Crippen LogP contribution in [0.25, 0.3) is 0 Å². The van der Waals surface area contributed by atoms with Crippen molar-refractivity contribution in [2.24, 2.45) is 10.9 Å². The molecule has 0 unspecified atom stereocenters. The predicted molar refractivity (Wildman–Crippen MR) is 79.2 cm³/mol. The molecule has 0 heterocycles. The van der Waals surface area contributed by atoms with Crippen molar-refractivity contribution in [3.63, 3.8) is 0 Å². The maximum atomic E-state index is 13.9. The van der Waals surface area contributed by atoms with Gasteiger partial charge in [0, 0.05) is 5.56 Å². The number of amidine groups is 1. The standard InChI is InChI=1S/C16H17FN2O2/c1-10-3-4-11(2)13(7-10)9-21-15-6-5-12(8-14(15)17)16(18)19-20/h3-8,20H,9H2,1-2H3,(H2,18,19). The lowest BCUT2D eigenvalue weighted by atomic mass is 10.1. The van der Waals surface area contributed by atoms with E-state index in [2.05, 4.69) is 5.16 Å². The number of rotatable bonds is 4. The van der Waals surface area contributed by atoms with Gasteiger partial charge in [0.2, 0.25) is 0 Å². The van der Waals surface area contributed by atoms with Gasteiger partial charge < -0.3 is 15.7 Å². The van der Waals surface area contributed by atoms with Crippen molar-refractivity contribution in [3.8, 4) is 5.75 Å². The molecule has 0 aromatic heterocycles. The summed E-state index contributed by atoms with van der Waals surface area (Å²) in [4.78, 5) is 0. The molecule has 2 aromatic carbocycles. The van der Waals surface area contributed by atoms with E-state index in [1.807, 2.05) is 32.0 Å². The zero-order chi connectivity index (χ0) is 15.4. The molecule has 0 aliphatic heterocycles. The van der Waals surface area contributed by atoms with Gasteiger partial charge in [-0.05, 0) is 43.2 Å². The van der Waals surface area contributed by atoms with Gasteiger partial charge in [0.25, 0.3) is 0 Å². The number of halogens is 1. The highest BCUT2D eigenvalue weighted by molar-refractivity contribution is 5.97. The first-order chi connectivity index (χ1) is 10.0. The number of hydrogen-bond acceptors (Lipinski definition) is 3. The second-order valence-electron chi connectivity index (χ2n) is 4.85. The van der Waals surface area contributed by atoms with Crippen LogP contribution in [0.3, 0.4) is 0 Å². The molecule has 4 nitrogen and oxygen atoms in total. The number of hydrogen-bond donors (Lipinski definition) is 2. The average Bonchev–Trinajstić information content (AvgIpc) is 2.48. The van der Waals surface area contributed by atoms with Crippen LogP contribution in [0.1, 0.15) is 22.3 Å². The van der Waals surface area contributed by atoms with Crippen LogP contribution >= 0.6 is 0 Å². The Balaban J connectivity index is 2.15. The Labute approximate surface area is 122 Å². The van der Waals surface area contributed by atoms with Gasteiger partial charge in [0.1, 0.15) is 6.61 Å². The fourth-order valence-electron chi connectivity index (χ4n) is 1.95. The monoisotopic (exact) mass is 288 g/mol. The highest BCUT2D eigenvalue weighted by atomic mass is 19.1. The van der Waals surface area contributed by atoms with Crippen LogP contribution in [0.2, 0.25) is 0 Å². The molecule has 0 bridgehead atoms. The Kier molecular flexibility index (Phi) is 4.42. The number of benzene rings is 2. The molecule has 0 radical (unpaired) electrons. The van der Waals surface area contributed by atoms with Crippen LogP contribution in [-0.4, -0.2) is 11.0 Å².